The lowest BCUT2D eigenvalue weighted by molar-refractivity contribution is 0.325. The lowest BCUT2D eigenvalue weighted by Gasteiger charge is -2.26. The number of rotatable bonds is 3. The number of hydrogen-bond acceptors (Lipinski definition) is 4. The van der Waals surface area contributed by atoms with Crippen molar-refractivity contribution in [3.8, 4) is 0 Å². The molecule has 0 bridgehead atoms. The standard InChI is InChI=1S/C14H19N5O2S/c1-10-15-14(9-17(10)2)22(20,21)18-5-6-19-12(8-18)7-13(16-19)11-3-4-11/h7,9,11H,3-6,8H2,1-2H3. The van der Waals surface area contributed by atoms with E-state index in [0.717, 1.165) is 11.4 Å². The summed E-state index contributed by atoms with van der Waals surface area (Å²) in [7, 11) is -1.74. The van der Waals surface area contributed by atoms with Gasteiger partial charge in [0.2, 0.25) is 0 Å². The molecule has 7 nitrogen and oxygen atoms in total. The largest absolute Gasteiger partial charge is 0.337 e. The molecule has 1 fully saturated rings. The monoisotopic (exact) mass is 321 g/mol. The van der Waals surface area contributed by atoms with Gasteiger partial charge in [-0.2, -0.15) is 9.40 Å². The first-order chi connectivity index (χ1) is 10.4. The highest BCUT2D eigenvalue weighted by atomic mass is 32.2. The molecule has 0 amide bonds. The zero-order chi connectivity index (χ0) is 15.5. The fraction of sp³-hybridized carbons (Fsp3) is 0.571. The van der Waals surface area contributed by atoms with Crippen molar-refractivity contribution in [2.45, 2.75) is 43.8 Å². The van der Waals surface area contributed by atoms with Crippen molar-refractivity contribution in [2.24, 2.45) is 7.05 Å². The summed E-state index contributed by atoms with van der Waals surface area (Å²) in [6.07, 6.45) is 3.98. The topological polar surface area (TPSA) is 73.0 Å². The molecule has 0 radical (unpaired) electrons. The van der Waals surface area contributed by atoms with Gasteiger partial charge in [-0.15, -0.1) is 0 Å². The minimum atomic E-state index is -3.54. The van der Waals surface area contributed by atoms with Crippen molar-refractivity contribution in [2.75, 3.05) is 6.54 Å². The SMILES string of the molecule is Cc1nc(S(=O)(=O)N2CCn3nc(C4CC4)cc3C2)cn1C. The number of hydrogen-bond donors (Lipinski definition) is 0. The molecule has 0 aromatic carbocycles. The Morgan fingerprint density at radius 3 is 2.68 bits per heavy atom. The van der Waals surface area contributed by atoms with E-state index in [1.54, 1.807) is 24.7 Å². The number of aryl methyl sites for hydroxylation is 2. The van der Waals surface area contributed by atoms with E-state index in [4.69, 9.17) is 0 Å². The van der Waals surface area contributed by atoms with E-state index in [1.807, 2.05) is 4.68 Å². The predicted molar refractivity (Wildman–Crippen MR) is 79.7 cm³/mol. The lowest BCUT2D eigenvalue weighted by Crippen LogP contribution is -2.38. The van der Waals surface area contributed by atoms with Gasteiger partial charge in [-0.3, -0.25) is 4.68 Å². The maximum atomic E-state index is 12.7. The fourth-order valence-corrected chi connectivity index (χ4v) is 4.26. The third-order valence-corrected chi connectivity index (χ3v) is 6.18. The minimum absolute atomic E-state index is 0.128. The first-order valence-corrected chi connectivity index (χ1v) is 8.96. The van der Waals surface area contributed by atoms with Crippen molar-refractivity contribution in [3.05, 3.63) is 29.5 Å². The molecule has 2 aromatic heterocycles. The van der Waals surface area contributed by atoms with Crippen LogP contribution < -0.4 is 0 Å². The second-order valence-corrected chi connectivity index (χ2v) is 8.02. The summed E-state index contributed by atoms with van der Waals surface area (Å²) in [5.74, 6) is 1.28. The Balaban J connectivity index is 1.63. The Labute approximate surface area is 129 Å². The molecule has 8 heteroatoms. The average molecular weight is 321 g/mol. The Hall–Kier alpha value is -1.67. The summed E-state index contributed by atoms with van der Waals surface area (Å²) in [5.41, 5.74) is 2.09. The molecular formula is C14H19N5O2S. The van der Waals surface area contributed by atoms with Crippen molar-refractivity contribution < 1.29 is 8.42 Å². The van der Waals surface area contributed by atoms with Crippen LogP contribution in [0, 0.1) is 6.92 Å². The third kappa shape index (κ3) is 2.17. The highest BCUT2D eigenvalue weighted by molar-refractivity contribution is 7.89. The summed E-state index contributed by atoms with van der Waals surface area (Å²) >= 11 is 0. The van der Waals surface area contributed by atoms with E-state index in [9.17, 15) is 8.42 Å². The molecule has 0 N–H and O–H groups in total. The van der Waals surface area contributed by atoms with Gasteiger partial charge < -0.3 is 4.57 Å². The van der Waals surface area contributed by atoms with Crippen molar-refractivity contribution in [1.29, 1.82) is 0 Å². The first-order valence-electron chi connectivity index (χ1n) is 7.52. The summed E-state index contributed by atoms with van der Waals surface area (Å²) < 4.78 is 30.7. The van der Waals surface area contributed by atoms with Gasteiger partial charge in [0.1, 0.15) is 5.82 Å². The maximum absolute atomic E-state index is 12.7. The summed E-state index contributed by atoms with van der Waals surface area (Å²) in [4.78, 5) is 4.17. The summed E-state index contributed by atoms with van der Waals surface area (Å²) in [5, 5.41) is 4.72. The van der Waals surface area contributed by atoms with Crippen LogP contribution in [-0.4, -0.2) is 38.6 Å². The van der Waals surface area contributed by atoms with Gasteiger partial charge in [-0.1, -0.05) is 0 Å². The molecule has 1 saturated carbocycles. The number of sulfonamides is 1. The molecule has 0 unspecified atom stereocenters. The van der Waals surface area contributed by atoms with Crippen LogP contribution >= 0.6 is 0 Å². The number of aromatic nitrogens is 4. The Morgan fingerprint density at radius 1 is 1.27 bits per heavy atom. The molecule has 0 saturated heterocycles. The molecular weight excluding hydrogens is 302 g/mol. The second-order valence-electron chi connectivity index (χ2n) is 6.13. The van der Waals surface area contributed by atoms with Gasteiger partial charge in [-0.05, 0) is 25.8 Å². The van der Waals surface area contributed by atoms with Gasteiger partial charge in [-0.25, -0.2) is 13.4 Å². The van der Waals surface area contributed by atoms with Crippen LogP contribution in [-0.2, 0) is 30.2 Å². The van der Waals surface area contributed by atoms with Crippen LogP contribution in [0.25, 0.3) is 0 Å². The third-order valence-electron chi connectivity index (χ3n) is 4.47. The predicted octanol–water partition coefficient (Wildman–Crippen LogP) is 1.01. The van der Waals surface area contributed by atoms with Gasteiger partial charge in [0.05, 0.1) is 24.5 Å². The molecule has 3 heterocycles. The van der Waals surface area contributed by atoms with Crippen molar-refractivity contribution >= 4 is 10.0 Å². The summed E-state index contributed by atoms with van der Waals surface area (Å²) in [6, 6.07) is 2.06. The second kappa shape index (κ2) is 4.66. The molecule has 1 aliphatic carbocycles. The van der Waals surface area contributed by atoms with E-state index in [1.165, 1.54) is 17.1 Å². The van der Waals surface area contributed by atoms with Crippen molar-refractivity contribution in [3.63, 3.8) is 0 Å². The van der Waals surface area contributed by atoms with Gasteiger partial charge in [0.25, 0.3) is 10.0 Å². The van der Waals surface area contributed by atoms with E-state index < -0.39 is 10.0 Å². The van der Waals surface area contributed by atoms with Gasteiger partial charge in [0.15, 0.2) is 5.03 Å². The molecule has 22 heavy (non-hydrogen) atoms. The first kappa shape index (κ1) is 14.0. The molecule has 2 aliphatic rings. The van der Waals surface area contributed by atoms with E-state index in [0.29, 0.717) is 31.4 Å². The molecule has 0 atom stereocenters. The quantitative estimate of drug-likeness (QED) is 0.845. The molecule has 2 aromatic rings. The highest BCUT2D eigenvalue weighted by Gasteiger charge is 2.33. The van der Waals surface area contributed by atoms with E-state index in [2.05, 4.69) is 16.1 Å². The van der Waals surface area contributed by atoms with Crippen LogP contribution in [0.1, 0.15) is 36.0 Å². The fourth-order valence-electron chi connectivity index (χ4n) is 2.83. The number of nitrogens with zero attached hydrogens (tertiary/aromatic N) is 5. The van der Waals surface area contributed by atoms with Crippen molar-refractivity contribution in [1.82, 2.24) is 23.6 Å². The zero-order valence-electron chi connectivity index (χ0n) is 12.7. The Morgan fingerprint density at radius 2 is 2.05 bits per heavy atom. The van der Waals surface area contributed by atoms with Gasteiger partial charge >= 0.3 is 0 Å². The molecule has 0 spiro atoms. The van der Waals surface area contributed by atoms with Crippen LogP contribution in [0.15, 0.2) is 17.3 Å². The van der Waals surface area contributed by atoms with Crippen LogP contribution in [0.4, 0.5) is 0 Å². The Kier molecular flexibility index (Phi) is 2.96. The normalized spacial score (nSPS) is 19.4. The average Bonchev–Trinajstić information content (AvgIpc) is 3.15. The summed E-state index contributed by atoms with van der Waals surface area (Å²) in [6.45, 7) is 3.22. The lowest BCUT2D eigenvalue weighted by atomic mass is 10.2. The molecule has 118 valence electrons. The van der Waals surface area contributed by atoms with Crippen LogP contribution in [0.5, 0.6) is 0 Å². The Bertz CT molecular complexity index is 812. The number of fused-ring (bicyclic) bond motifs is 1. The molecule has 4 rings (SSSR count). The molecule has 1 aliphatic heterocycles. The smallest absolute Gasteiger partial charge is 0.262 e. The van der Waals surface area contributed by atoms with Crippen LogP contribution in [0.2, 0.25) is 0 Å². The van der Waals surface area contributed by atoms with E-state index >= 15 is 0 Å². The van der Waals surface area contributed by atoms with Gasteiger partial charge in [0, 0.05) is 25.7 Å². The van der Waals surface area contributed by atoms with E-state index in [-0.39, 0.29) is 5.03 Å². The minimum Gasteiger partial charge on any atom is -0.337 e. The van der Waals surface area contributed by atoms with Crippen LogP contribution in [0.3, 0.4) is 0 Å². The zero-order valence-corrected chi connectivity index (χ0v) is 13.5. The number of imidazole rings is 1. The highest BCUT2D eigenvalue weighted by Crippen LogP contribution is 2.39. The maximum Gasteiger partial charge on any atom is 0.262 e.